The fraction of sp³-hybridized carbons (Fsp3) is 0.200. The number of aryl methyl sites for hydroxylation is 3. The van der Waals surface area contributed by atoms with Crippen LogP contribution in [0.4, 0.5) is 5.88 Å². The predicted octanol–water partition coefficient (Wildman–Crippen LogP) is 3.97. The minimum absolute atomic E-state index is 0.344. The summed E-state index contributed by atoms with van der Waals surface area (Å²) in [7, 11) is 0. The highest BCUT2D eigenvalue weighted by Crippen LogP contribution is 2.39. The summed E-state index contributed by atoms with van der Waals surface area (Å²) in [6.45, 7) is 6.01. The van der Waals surface area contributed by atoms with Gasteiger partial charge in [0, 0.05) is 0 Å². The van der Waals surface area contributed by atoms with Crippen molar-refractivity contribution in [3.63, 3.8) is 0 Å². The van der Waals surface area contributed by atoms with Crippen LogP contribution in [0.25, 0.3) is 21.7 Å². The van der Waals surface area contributed by atoms with Crippen molar-refractivity contribution in [3.8, 4) is 21.7 Å². The number of hydrogen-bond acceptors (Lipinski definition) is 5. The SMILES string of the molecule is Cc1cccc(-c2c(-c3sc(C)nc3C)noc2N)c1. The van der Waals surface area contributed by atoms with E-state index in [1.807, 2.05) is 26.0 Å². The van der Waals surface area contributed by atoms with Gasteiger partial charge in [-0.3, -0.25) is 0 Å². The lowest BCUT2D eigenvalue weighted by atomic mass is 10.0. The molecule has 20 heavy (non-hydrogen) atoms. The second kappa shape index (κ2) is 4.76. The Morgan fingerprint density at radius 1 is 1.20 bits per heavy atom. The largest absolute Gasteiger partial charge is 0.367 e. The number of nitrogens with two attached hydrogens (primary N) is 1. The molecule has 0 unspecified atom stereocenters. The van der Waals surface area contributed by atoms with Gasteiger partial charge in [-0.25, -0.2) is 4.98 Å². The second-order valence-electron chi connectivity index (χ2n) is 4.79. The molecule has 0 saturated heterocycles. The summed E-state index contributed by atoms with van der Waals surface area (Å²) in [6.07, 6.45) is 0. The normalized spacial score (nSPS) is 10.9. The lowest BCUT2D eigenvalue weighted by molar-refractivity contribution is 0.439. The summed E-state index contributed by atoms with van der Waals surface area (Å²) in [4.78, 5) is 5.46. The first-order valence-corrected chi connectivity index (χ1v) is 7.14. The highest BCUT2D eigenvalue weighted by Gasteiger charge is 2.21. The Morgan fingerprint density at radius 2 is 2.00 bits per heavy atom. The number of nitrogens with zero attached hydrogens (tertiary/aromatic N) is 2. The third-order valence-corrected chi connectivity index (χ3v) is 4.22. The molecule has 0 aliphatic heterocycles. The zero-order valence-electron chi connectivity index (χ0n) is 11.6. The molecule has 0 bridgehead atoms. The molecule has 0 aliphatic carbocycles. The number of thiazole rings is 1. The van der Waals surface area contributed by atoms with Crippen molar-refractivity contribution < 1.29 is 4.52 Å². The molecule has 2 aromatic heterocycles. The van der Waals surface area contributed by atoms with E-state index >= 15 is 0 Å². The molecular weight excluding hydrogens is 270 g/mol. The summed E-state index contributed by atoms with van der Waals surface area (Å²) in [5, 5.41) is 5.15. The molecule has 0 aliphatic rings. The fourth-order valence-corrected chi connectivity index (χ4v) is 3.20. The molecular formula is C15H15N3OS. The fourth-order valence-electron chi connectivity index (χ4n) is 2.29. The maximum Gasteiger partial charge on any atom is 0.230 e. The van der Waals surface area contributed by atoms with Crippen LogP contribution >= 0.6 is 11.3 Å². The number of nitrogen functional groups attached to an aromatic ring is 1. The van der Waals surface area contributed by atoms with Gasteiger partial charge in [-0.1, -0.05) is 35.0 Å². The van der Waals surface area contributed by atoms with Crippen molar-refractivity contribution in [2.45, 2.75) is 20.8 Å². The first-order chi connectivity index (χ1) is 9.56. The number of anilines is 1. The Balaban J connectivity index is 2.22. The van der Waals surface area contributed by atoms with Crippen LogP contribution in [0.15, 0.2) is 28.8 Å². The standard InChI is InChI=1S/C15H15N3OS/c1-8-5-4-6-11(7-8)12-13(18-19-15(12)16)14-9(2)17-10(3)20-14/h4-7H,16H2,1-3H3. The minimum atomic E-state index is 0.344. The lowest BCUT2D eigenvalue weighted by Crippen LogP contribution is -1.88. The maximum atomic E-state index is 5.97. The van der Waals surface area contributed by atoms with Crippen LogP contribution in [-0.4, -0.2) is 10.1 Å². The van der Waals surface area contributed by atoms with Gasteiger partial charge in [-0.05, 0) is 26.3 Å². The molecule has 0 spiro atoms. The number of aromatic nitrogens is 2. The van der Waals surface area contributed by atoms with E-state index in [1.54, 1.807) is 11.3 Å². The highest BCUT2D eigenvalue weighted by molar-refractivity contribution is 7.15. The average molecular weight is 285 g/mol. The zero-order chi connectivity index (χ0) is 14.3. The molecule has 3 rings (SSSR count). The highest BCUT2D eigenvalue weighted by atomic mass is 32.1. The van der Waals surface area contributed by atoms with E-state index in [-0.39, 0.29) is 0 Å². The third kappa shape index (κ3) is 2.10. The van der Waals surface area contributed by atoms with E-state index in [0.717, 1.165) is 32.4 Å². The van der Waals surface area contributed by atoms with Gasteiger partial charge in [0.2, 0.25) is 5.88 Å². The molecule has 0 saturated carbocycles. The molecule has 1 aromatic carbocycles. The molecule has 102 valence electrons. The van der Waals surface area contributed by atoms with E-state index in [2.05, 4.69) is 29.2 Å². The molecule has 0 fully saturated rings. The third-order valence-electron chi connectivity index (χ3n) is 3.14. The van der Waals surface area contributed by atoms with Gasteiger partial charge in [0.15, 0.2) is 0 Å². The quantitative estimate of drug-likeness (QED) is 0.773. The van der Waals surface area contributed by atoms with Crippen LogP contribution in [0, 0.1) is 20.8 Å². The van der Waals surface area contributed by atoms with Crippen LogP contribution in [0.5, 0.6) is 0 Å². The smallest absolute Gasteiger partial charge is 0.230 e. The van der Waals surface area contributed by atoms with E-state index in [0.29, 0.717) is 5.88 Å². The summed E-state index contributed by atoms with van der Waals surface area (Å²) >= 11 is 1.60. The van der Waals surface area contributed by atoms with Crippen molar-refractivity contribution in [1.82, 2.24) is 10.1 Å². The molecule has 0 atom stereocenters. The van der Waals surface area contributed by atoms with Crippen LogP contribution < -0.4 is 5.73 Å². The number of hydrogen-bond donors (Lipinski definition) is 1. The van der Waals surface area contributed by atoms with Gasteiger partial charge in [0.1, 0.15) is 5.69 Å². The van der Waals surface area contributed by atoms with Crippen molar-refractivity contribution >= 4 is 17.2 Å². The lowest BCUT2D eigenvalue weighted by Gasteiger charge is -2.03. The molecule has 4 nitrogen and oxygen atoms in total. The summed E-state index contributed by atoms with van der Waals surface area (Å²) in [5.74, 6) is 0.344. The van der Waals surface area contributed by atoms with Crippen molar-refractivity contribution in [2.75, 3.05) is 5.73 Å². The molecule has 0 amide bonds. The molecule has 3 aromatic rings. The summed E-state index contributed by atoms with van der Waals surface area (Å²) in [5.41, 5.74) is 10.7. The van der Waals surface area contributed by atoms with E-state index < -0.39 is 0 Å². The Bertz CT molecular complexity index is 773. The van der Waals surface area contributed by atoms with E-state index in [1.165, 1.54) is 5.56 Å². The van der Waals surface area contributed by atoms with Crippen molar-refractivity contribution in [1.29, 1.82) is 0 Å². The Morgan fingerprint density at radius 3 is 2.65 bits per heavy atom. The van der Waals surface area contributed by atoms with Gasteiger partial charge >= 0.3 is 0 Å². The first kappa shape index (κ1) is 12.9. The van der Waals surface area contributed by atoms with Gasteiger partial charge in [-0.2, -0.15) is 0 Å². The first-order valence-electron chi connectivity index (χ1n) is 6.33. The predicted molar refractivity (Wildman–Crippen MR) is 81.7 cm³/mol. The zero-order valence-corrected chi connectivity index (χ0v) is 12.4. The molecule has 0 radical (unpaired) electrons. The van der Waals surface area contributed by atoms with Crippen molar-refractivity contribution in [2.24, 2.45) is 0 Å². The van der Waals surface area contributed by atoms with Crippen LogP contribution in [0.1, 0.15) is 16.3 Å². The summed E-state index contributed by atoms with van der Waals surface area (Å²) < 4.78 is 5.22. The van der Waals surface area contributed by atoms with E-state index in [4.69, 9.17) is 10.3 Å². The Kier molecular flexibility index (Phi) is 3.06. The maximum absolute atomic E-state index is 5.97. The van der Waals surface area contributed by atoms with Gasteiger partial charge in [0.05, 0.1) is 21.1 Å². The van der Waals surface area contributed by atoms with Crippen LogP contribution in [-0.2, 0) is 0 Å². The topological polar surface area (TPSA) is 64.9 Å². The van der Waals surface area contributed by atoms with Crippen LogP contribution in [0.3, 0.4) is 0 Å². The molecule has 2 heterocycles. The summed E-state index contributed by atoms with van der Waals surface area (Å²) in [6, 6.07) is 8.15. The average Bonchev–Trinajstić information content (AvgIpc) is 2.92. The second-order valence-corrected chi connectivity index (χ2v) is 5.99. The Hall–Kier alpha value is -2.14. The number of benzene rings is 1. The van der Waals surface area contributed by atoms with Gasteiger partial charge in [0.25, 0.3) is 0 Å². The van der Waals surface area contributed by atoms with Crippen molar-refractivity contribution in [3.05, 3.63) is 40.5 Å². The monoisotopic (exact) mass is 285 g/mol. The van der Waals surface area contributed by atoms with Gasteiger partial charge in [-0.15, -0.1) is 11.3 Å². The van der Waals surface area contributed by atoms with E-state index in [9.17, 15) is 0 Å². The number of rotatable bonds is 2. The minimum Gasteiger partial charge on any atom is -0.367 e. The van der Waals surface area contributed by atoms with Gasteiger partial charge < -0.3 is 10.3 Å². The van der Waals surface area contributed by atoms with Crippen LogP contribution in [0.2, 0.25) is 0 Å². The Labute approximate surface area is 121 Å². The molecule has 2 N–H and O–H groups in total. The molecule has 5 heteroatoms.